The molecule has 0 saturated carbocycles. The number of benzene rings is 3. The van der Waals surface area contributed by atoms with E-state index in [0.717, 1.165) is 39.5 Å². The van der Waals surface area contributed by atoms with Crippen LogP contribution in [0.25, 0.3) is 0 Å². The van der Waals surface area contributed by atoms with E-state index in [1.165, 1.54) is 0 Å². The Morgan fingerprint density at radius 2 is 1.26 bits per heavy atom. The molecule has 168 valence electrons. The zero-order chi connectivity index (χ0) is 23.8. The molecule has 0 atom stereocenters. The van der Waals surface area contributed by atoms with E-state index in [1.807, 2.05) is 134 Å². The van der Waals surface area contributed by atoms with Gasteiger partial charge in [-0.05, 0) is 42.0 Å². The highest BCUT2D eigenvalue weighted by Crippen LogP contribution is 2.21. The Bertz CT molecular complexity index is 1290. The molecule has 0 unspecified atom stereocenters. The van der Waals surface area contributed by atoms with Crippen molar-refractivity contribution < 1.29 is 4.57 Å². The van der Waals surface area contributed by atoms with E-state index >= 15 is 0 Å². The fourth-order valence-corrected chi connectivity index (χ4v) is 3.25. The number of hydrogen-bond acceptors (Lipinski definition) is 5. The molecule has 0 saturated heterocycles. The molecular formula is C28H27N6+. The van der Waals surface area contributed by atoms with Crippen LogP contribution in [0.4, 0.5) is 17.1 Å². The SMILES string of the molecule is CN(C)c1ccc(/N=N/c2ccc(/C=N/N=C(/c3ccccc3)c3cc[n+](C)cc3)cc2)cc1. The number of aryl methyl sites for hydroxylation is 1. The van der Waals surface area contributed by atoms with E-state index in [0.29, 0.717) is 0 Å². The van der Waals surface area contributed by atoms with Gasteiger partial charge in [-0.15, -0.1) is 5.10 Å². The summed E-state index contributed by atoms with van der Waals surface area (Å²) < 4.78 is 1.99. The molecule has 0 radical (unpaired) electrons. The lowest BCUT2D eigenvalue weighted by atomic mass is 10.0. The molecule has 0 aliphatic heterocycles. The summed E-state index contributed by atoms with van der Waals surface area (Å²) in [4.78, 5) is 2.05. The summed E-state index contributed by atoms with van der Waals surface area (Å²) in [5.74, 6) is 0. The molecule has 4 aromatic rings. The second-order valence-corrected chi connectivity index (χ2v) is 8.01. The lowest BCUT2D eigenvalue weighted by Crippen LogP contribution is -2.26. The molecule has 0 bridgehead atoms. The second kappa shape index (κ2) is 10.9. The molecule has 4 rings (SSSR count). The van der Waals surface area contributed by atoms with Crippen LogP contribution in [0.2, 0.25) is 0 Å². The van der Waals surface area contributed by atoms with Crippen molar-refractivity contribution in [2.75, 3.05) is 19.0 Å². The Morgan fingerprint density at radius 3 is 1.85 bits per heavy atom. The first-order valence-corrected chi connectivity index (χ1v) is 11.0. The van der Waals surface area contributed by atoms with E-state index in [-0.39, 0.29) is 0 Å². The third kappa shape index (κ3) is 6.07. The van der Waals surface area contributed by atoms with E-state index < -0.39 is 0 Å². The predicted octanol–water partition coefficient (Wildman–Crippen LogP) is 5.86. The number of hydrogen-bond donors (Lipinski definition) is 0. The third-order valence-electron chi connectivity index (χ3n) is 5.20. The summed E-state index contributed by atoms with van der Waals surface area (Å²) in [6, 6.07) is 29.8. The van der Waals surface area contributed by atoms with Crippen molar-refractivity contribution in [3.63, 3.8) is 0 Å². The molecule has 6 heteroatoms. The van der Waals surface area contributed by atoms with Crippen molar-refractivity contribution in [2.45, 2.75) is 0 Å². The maximum Gasteiger partial charge on any atom is 0.169 e. The lowest BCUT2D eigenvalue weighted by Gasteiger charge is -2.11. The number of anilines is 1. The summed E-state index contributed by atoms with van der Waals surface area (Å²) in [7, 11) is 6.01. The van der Waals surface area contributed by atoms with Crippen molar-refractivity contribution in [3.8, 4) is 0 Å². The Morgan fingerprint density at radius 1 is 0.706 bits per heavy atom. The average molecular weight is 448 g/mol. The number of nitrogens with zero attached hydrogens (tertiary/aromatic N) is 6. The number of azo groups is 1. The summed E-state index contributed by atoms with van der Waals surface area (Å²) in [6.07, 6.45) is 5.75. The topological polar surface area (TPSA) is 56.6 Å². The van der Waals surface area contributed by atoms with E-state index in [9.17, 15) is 0 Å². The summed E-state index contributed by atoms with van der Waals surface area (Å²) >= 11 is 0. The van der Waals surface area contributed by atoms with Gasteiger partial charge in [-0.2, -0.15) is 15.3 Å². The largest absolute Gasteiger partial charge is 0.378 e. The van der Waals surface area contributed by atoms with Crippen LogP contribution in [0.5, 0.6) is 0 Å². The molecule has 0 aliphatic rings. The average Bonchev–Trinajstić information content (AvgIpc) is 2.87. The lowest BCUT2D eigenvalue weighted by molar-refractivity contribution is -0.671. The van der Waals surface area contributed by atoms with Gasteiger partial charge in [0.05, 0.1) is 17.6 Å². The van der Waals surface area contributed by atoms with Gasteiger partial charge in [0, 0.05) is 43.0 Å². The van der Waals surface area contributed by atoms with Crippen molar-refractivity contribution in [3.05, 3.63) is 120 Å². The van der Waals surface area contributed by atoms with Crippen LogP contribution in [0.3, 0.4) is 0 Å². The predicted molar refractivity (Wildman–Crippen MR) is 139 cm³/mol. The molecule has 3 aromatic carbocycles. The minimum atomic E-state index is 0.777. The van der Waals surface area contributed by atoms with Crippen LogP contribution in [-0.2, 0) is 7.05 Å². The van der Waals surface area contributed by atoms with Crippen LogP contribution >= 0.6 is 0 Å². The molecule has 0 fully saturated rings. The normalized spacial score (nSPS) is 11.9. The van der Waals surface area contributed by atoms with Crippen molar-refractivity contribution in [1.29, 1.82) is 0 Å². The van der Waals surface area contributed by atoms with Crippen molar-refractivity contribution in [2.24, 2.45) is 27.5 Å². The maximum absolute atomic E-state index is 4.54. The van der Waals surface area contributed by atoms with Crippen LogP contribution in [0.1, 0.15) is 16.7 Å². The smallest absolute Gasteiger partial charge is 0.169 e. The molecule has 0 N–H and O–H groups in total. The monoisotopic (exact) mass is 447 g/mol. The van der Waals surface area contributed by atoms with Gasteiger partial charge < -0.3 is 4.90 Å². The first-order chi connectivity index (χ1) is 16.6. The van der Waals surface area contributed by atoms with Gasteiger partial charge >= 0.3 is 0 Å². The third-order valence-corrected chi connectivity index (χ3v) is 5.20. The molecule has 0 aliphatic carbocycles. The fraction of sp³-hybridized carbons (Fsp3) is 0.107. The Balaban J connectivity index is 1.48. The summed E-state index contributed by atoms with van der Waals surface area (Å²) in [5, 5.41) is 17.5. The van der Waals surface area contributed by atoms with Crippen LogP contribution < -0.4 is 9.47 Å². The van der Waals surface area contributed by atoms with Crippen molar-refractivity contribution in [1.82, 2.24) is 0 Å². The van der Waals surface area contributed by atoms with Crippen LogP contribution in [0, 0.1) is 0 Å². The van der Waals surface area contributed by atoms with Gasteiger partial charge in [0.2, 0.25) is 0 Å². The zero-order valence-corrected chi connectivity index (χ0v) is 19.6. The summed E-state index contributed by atoms with van der Waals surface area (Å²) in [6.45, 7) is 0. The highest BCUT2D eigenvalue weighted by molar-refractivity contribution is 6.12. The van der Waals surface area contributed by atoms with Gasteiger partial charge in [0.25, 0.3) is 0 Å². The van der Waals surface area contributed by atoms with Gasteiger partial charge in [0.15, 0.2) is 12.4 Å². The van der Waals surface area contributed by atoms with Crippen LogP contribution in [0.15, 0.2) is 124 Å². The standard InChI is InChI=1S/C28H27N6/c1-33(2)27-15-13-26(14-16-27)31-30-25-11-9-22(10-12-25)21-29-32-28(23-7-5-4-6-8-23)24-17-19-34(3)20-18-24/h4-21H,1-3H3/q+1. The van der Waals surface area contributed by atoms with E-state index in [1.54, 1.807) is 6.21 Å². The molecule has 6 nitrogen and oxygen atoms in total. The highest BCUT2D eigenvalue weighted by atomic mass is 15.2. The first kappa shape index (κ1) is 22.7. The Hall–Kier alpha value is -4.45. The second-order valence-electron chi connectivity index (χ2n) is 8.01. The molecule has 34 heavy (non-hydrogen) atoms. The molecule has 1 heterocycles. The quantitative estimate of drug-likeness (QED) is 0.151. The highest BCUT2D eigenvalue weighted by Gasteiger charge is 2.08. The fourth-order valence-electron chi connectivity index (χ4n) is 3.25. The molecule has 0 spiro atoms. The molecule has 0 amide bonds. The van der Waals surface area contributed by atoms with Gasteiger partial charge in [-0.3, -0.25) is 0 Å². The number of rotatable bonds is 7. The number of pyridine rings is 1. The van der Waals surface area contributed by atoms with Gasteiger partial charge in [-0.25, -0.2) is 4.57 Å². The Labute approximate surface area is 200 Å². The van der Waals surface area contributed by atoms with Gasteiger partial charge in [-0.1, -0.05) is 42.5 Å². The van der Waals surface area contributed by atoms with E-state index in [2.05, 4.69) is 20.4 Å². The zero-order valence-electron chi connectivity index (χ0n) is 19.6. The molecular weight excluding hydrogens is 420 g/mol. The van der Waals surface area contributed by atoms with E-state index in [4.69, 9.17) is 0 Å². The maximum atomic E-state index is 4.54. The van der Waals surface area contributed by atoms with Crippen LogP contribution in [-0.4, -0.2) is 26.0 Å². The minimum Gasteiger partial charge on any atom is -0.378 e. The molecule has 1 aromatic heterocycles. The summed E-state index contributed by atoms with van der Waals surface area (Å²) in [5.41, 5.74) is 6.50. The minimum absolute atomic E-state index is 0.777. The number of aromatic nitrogens is 1. The van der Waals surface area contributed by atoms with Gasteiger partial charge in [0.1, 0.15) is 12.8 Å². The Kier molecular flexibility index (Phi) is 7.30. The van der Waals surface area contributed by atoms with Crippen molar-refractivity contribution >= 4 is 29.0 Å². The first-order valence-electron chi connectivity index (χ1n) is 11.0.